The number of aromatic nitrogens is 3. The van der Waals surface area contributed by atoms with Gasteiger partial charge >= 0.3 is 0 Å². The average molecular weight is 258 g/mol. The summed E-state index contributed by atoms with van der Waals surface area (Å²) in [6.45, 7) is 0. The van der Waals surface area contributed by atoms with E-state index in [0.29, 0.717) is 5.56 Å². The smallest absolute Gasteiger partial charge is 0.267 e. The highest BCUT2D eigenvalue weighted by Crippen LogP contribution is 2.21. The van der Waals surface area contributed by atoms with Crippen molar-refractivity contribution in [3.05, 3.63) is 58.1 Å². The number of hydrogen-bond acceptors (Lipinski definition) is 3. The molecule has 0 aliphatic carbocycles. The van der Waals surface area contributed by atoms with Gasteiger partial charge in [0.15, 0.2) is 0 Å². The van der Waals surface area contributed by atoms with Gasteiger partial charge in [-0.2, -0.15) is 5.10 Å². The molecule has 4 nitrogen and oxygen atoms in total. The minimum absolute atomic E-state index is 0.260. The molecule has 2 aromatic heterocycles. The third kappa shape index (κ3) is 1.87. The van der Waals surface area contributed by atoms with Crippen LogP contribution < -0.4 is 5.56 Å². The molecule has 0 radical (unpaired) electrons. The number of nitrogens with one attached hydrogen (secondary N) is 1. The van der Waals surface area contributed by atoms with Crippen LogP contribution in [-0.4, -0.2) is 15.2 Å². The molecule has 18 heavy (non-hydrogen) atoms. The minimum atomic E-state index is -0.261. The molecule has 2 heterocycles. The molecule has 1 aromatic carbocycles. The second-order valence-electron chi connectivity index (χ2n) is 3.84. The first-order valence-corrected chi connectivity index (χ1v) is 5.72. The second-order valence-corrected chi connectivity index (χ2v) is 4.23. The summed E-state index contributed by atoms with van der Waals surface area (Å²) in [6, 6.07) is 11.0. The van der Waals surface area contributed by atoms with Crippen molar-refractivity contribution < 1.29 is 0 Å². The van der Waals surface area contributed by atoms with Gasteiger partial charge in [-0.15, -0.1) is 0 Å². The Labute approximate surface area is 107 Å². The third-order valence-corrected chi connectivity index (χ3v) is 2.88. The monoisotopic (exact) mass is 257 g/mol. The SMILES string of the molecule is O=c1[nH]nc(Cl)cc1-c1ccc2ncccc2c1. The van der Waals surface area contributed by atoms with Crippen molar-refractivity contribution in [2.45, 2.75) is 0 Å². The first-order chi connectivity index (χ1) is 8.74. The van der Waals surface area contributed by atoms with E-state index in [1.165, 1.54) is 0 Å². The Hall–Kier alpha value is -2.20. The molecule has 0 aliphatic heterocycles. The molecule has 0 aliphatic rings. The third-order valence-electron chi connectivity index (χ3n) is 2.69. The summed E-state index contributed by atoms with van der Waals surface area (Å²) in [5, 5.41) is 7.24. The van der Waals surface area contributed by atoms with Crippen molar-refractivity contribution in [3.8, 4) is 11.1 Å². The number of aromatic amines is 1. The van der Waals surface area contributed by atoms with E-state index in [1.807, 2.05) is 30.3 Å². The van der Waals surface area contributed by atoms with Gasteiger partial charge in [0.05, 0.1) is 11.1 Å². The van der Waals surface area contributed by atoms with E-state index in [9.17, 15) is 4.79 Å². The highest BCUT2D eigenvalue weighted by molar-refractivity contribution is 6.29. The van der Waals surface area contributed by atoms with E-state index in [0.717, 1.165) is 16.5 Å². The fraction of sp³-hybridized carbons (Fsp3) is 0. The van der Waals surface area contributed by atoms with Crippen molar-refractivity contribution >= 4 is 22.5 Å². The van der Waals surface area contributed by atoms with Gasteiger partial charge in [-0.1, -0.05) is 23.7 Å². The summed E-state index contributed by atoms with van der Waals surface area (Å²) in [6.07, 6.45) is 1.73. The maximum Gasteiger partial charge on any atom is 0.272 e. The van der Waals surface area contributed by atoms with Crippen molar-refractivity contribution in [1.82, 2.24) is 15.2 Å². The number of nitrogens with zero attached hydrogens (tertiary/aromatic N) is 2. The van der Waals surface area contributed by atoms with Crippen LogP contribution >= 0.6 is 11.6 Å². The number of halogens is 1. The number of H-pyrrole nitrogens is 1. The predicted molar refractivity (Wildman–Crippen MR) is 70.6 cm³/mol. The first-order valence-electron chi connectivity index (χ1n) is 5.34. The van der Waals surface area contributed by atoms with Crippen molar-refractivity contribution in [2.24, 2.45) is 0 Å². The fourth-order valence-electron chi connectivity index (χ4n) is 1.84. The van der Waals surface area contributed by atoms with Gasteiger partial charge in [0.2, 0.25) is 0 Å². The Morgan fingerprint density at radius 3 is 2.94 bits per heavy atom. The van der Waals surface area contributed by atoms with Crippen LogP contribution in [0.1, 0.15) is 0 Å². The molecule has 0 amide bonds. The van der Waals surface area contributed by atoms with Gasteiger partial charge in [0.1, 0.15) is 5.15 Å². The molecular formula is C13H8ClN3O. The maximum absolute atomic E-state index is 11.7. The fourth-order valence-corrected chi connectivity index (χ4v) is 1.99. The van der Waals surface area contributed by atoms with Crippen LogP contribution in [0, 0.1) is 0 Å². The number of rotatable bonds is 1. The molecule has 0 bridgehead atoms. The van der Waals surface area contributed by atoms with Gasteiger partial charge in [0.25, 0.3) is 5.56 Å². The normalized spacial score (nSPS) is 10.7. The lowest BCUT2D eigenvalue weighted by atomic mass is 10.1. The first kappa shape index (κ1) is 10.9. The molecule has 0 unspecified atom stereocenters. The summed E-state index contributed by atoms with van der Waals surface area (Å²) in [5.41, 5.74) is 1.92. The van der Waals surface area contributed by atoms with Gasteiger partial charge in [-0.05, 0) is 29.8 Å². The van der Waals surface area contributed by atoms with Crippen LogP contribution in [0.3, 0.4) is 0 Å². The average Bonchev–Trinajstić information content (AvgIpc) is 2.41. The highest BCUT2D eigenvalue weighted by atomic mass is 35.5. The lowest BCUT2D eigenvalue weighted by Gasteiger charge is -2.02. The highest BCUT2D eigenvalue weighted by Gasteiger charge is 2.06. The van der Waals surface area contributed by atoms with E-state index in [1.54, 1.807) is 12.3 Å². The Kier molecular flexibility index (Phi) is 2.57. The van der Waals surface area contributed by atoms with Gasteiger partial charge < -0.3 is 0 Å². The predicted octanol–water partition coefficient (Wildman–Crippen LogP) is 2.64. The van der Waals surface area contributed by atoms with Crippen molar-refractivity contribution in [2.75, 3.05) is 0 Å². The van der Waals surface area contributed by atoms with Crippen LogP contribution in [-0.2, 0) is 0 Å². The zero-order chi connectivity index (χ0) is 12.5. The summed E-state index contributed by atoms with van der Waals surface area (Å²) in [7, 11) is 0. The number of pyridine rings is 1. The topological polar surface area (TPSA) is 58.6 Å². The standard InChI is InChI=1S/C13H8ClN3O/c14-12-7-10(13(18)17-16-12)8-3-4-11-9(6-8)2-1-5-15-11/h1-7H,(H,17,18). The van der Waals surface area contributed by atoms with Crippen molar-refractivity contribution in [3.63, 3.8) is 0 Å². The molecule has 0 saturated heterocycles. The molecule has 3 aromatic rings. The summed E-state index contributed by atoms with van der Waals surface area (Å²) in [4.78, 5) is 15.9. The van der Waals surface area contributed by atoms with Crippen LogP contribution in [0.2, 0.25) is 5.15 Å². The zero-order valence-corrected chi connectivity index (χ0v) is 9.98. The van der Waals surface area contributed by atoms with E-state index < -0.39 is 0 Å². The molecule has 0 spiro atoms. The lowest BCUT2D eigenvalue weighted by molar-refractivity contribution is 0.992. The zero-order valence-electron chi connectivity index (χ0n) is 9.22. The number of fused-ring (bicyclic) bond motifs is 1. The van der Waals surface area contributed by atoms with Gasteiger partial charge in [-0.25, -0.2) is 5.10 Å². The molecule has 1 N–H and O–H groups in total. The Morgan fingerprint density at radius 1 is 1.17 bits per heavy atom. The quantitative estimate of drug-likeness (QED) is 0.729. The van der Waals surface area contributed by atoms with E-state index >= 15 is 0 Å². The van der Waals surface area contributed by atoms with E-state index in [-0.39, 0.29) is 10.7 Å². The van der Waals surface area contributed by atoms with E-state index in [4.69, 9.17) is 11.6 Å². The largest absolute Gasteiger partial charge is 0.272 e. The van der Waals surface area contributed by atoms with Crippen LogP contribution in [0.5, 0.6) is 0 Å². The molecule has 3 rings (SSSR count). The molecule has 0 saturated carbocycles. The molecule has 0 atom stereocenters. The summed E-state index contributed by atoms with van der Waals surface area (Å²) >= 11 is 5.79. The minimum Gasteiger partial charge on any atom is -0.267 e. The van der Waals surface area contributed by atoms with Crippen molar-refractivity contribution in [1.29, 1.82) is 0 Å². The summed E-state index contributed by atoms with van der Waals surface area (Å²) in [5.74, 6) is 0. The summed E-state index contributed by atoms with van der Waals surface area (Å²) < 4.78 is 0. The Bertz CT molecular complexity index is 782. The molecule has 0 fully saturated rings. The lowest BCUT2D eigenvalue weighted by Crippen LogP contribution is -2.10. The molecule has 5 heteroatoms. The van der Waals surface area contributed by atoms with Gasteiger partial charge in [-0.3, -0.25) is 9.78 Å². The Morgan fingerprint density at radius 2 is 2.06 bits per heavy atom. The van der Waals surface area contributed by atoms with Gasteiger partial charge in [0, 0.05) is 11.6 Å². The molecular weight excluding hydrogens is 250 g/mol. The number of hydrogen-bond donors (Lipinski definition) is 1. The second kappa shape index (κ2) is 4.23. The van der Waals surface area contributed by atoms with Crippen LogP contribution in [0.4, 0.5) is 0 Å². The Balaban J connectivity index is 2.25. The number of benzene rings is 1. The van der Waals surface area contributed by atoms with Crippen LogP contribution in [0.15, 0.2) is 47.4 Å². The van der Waals surface area contributed by atoms with E-state index in [2.05, 4.69) is 15.2 Å². The van der Waals surface area contributed by atoms with Crippen LogP contribution in [0.25, 0.3) is 22.0 Å². The maximum atomic E-state index is 11.7. The molecule has 88 valence electrons.